The standard InChI is InChI=1S/C31H28N8.C2H6/c1-19-14-23(10-11-32-19)35-24-16-29-31(33-18-24)38-30(37-29)21-4-6-22(7-5-21)36-28-15-20(2)34-27-9-8-25(17-26(27)28)39-12-3-13-39;1-2/h4-11,14-18H,3,12-13H2,1-2H3,(H,32,35)(H,34,36)(H,33,37,38);1-2H3. The number of imidazole rings is 1. The van der Waals surface area contributed by atoms with Crippen molar-refractivity contribution in [3.05, 3.63) is 90.5 Å². The van der Waals surface area contributed by atoms with Crippen LogP contribution in [0.25, 0.3) is 33.5 Å². The zero-order valence-electron chi connectivity index (χ0n) is 23.9. The Morgan fingerprint density at radius 1 is 0.756 bits per heavy atom. The Labute approximate surface area is 239 Å². The molecule has 1 fully saturated rings. The molecule has 5 heterocycles. The van der Waals surface area contributed by atoms with Crippen LogP contribution in [0.5, 0.6) is 0 Å². The van der Waals surface area contributed by atoms with E-state index in [1.165, 1.54) is 12.1 Å². The lowest BCUT2D eigenvalue weighted by molar-refractivity contribution is 0.618. The normalized spacial score (nSPS) is 12.5. The van der Waals surface area contributed by atoms with Gasteiger partial charge in [0.2, 0.25) is 0 Å². The van der Waals surface area contributed by atoms with E-state index in [0.29, 0.717) is 5.65 Å². The van der Waals surface area contributed by atoms with Gasteiger partial charge >= 0.3 is 0 Å². The van der Waals surface area contributed by atoms with E-state index >= 15 is 0 Å². The van der Waals surface area contributed by atoms with Gasteiger partial charge < -0.3 is 20.5 Å². The largest absolute Gasteiger partial charge is 0.371 e. The first-order valence-corrected chi connectivity index (χ1v) is 14.2. The molecule has 2 aromatic carbocycles. The summed E-state index contributed by atoms with van der Waals surface area (Å²) in [5, 5.41) is 8.13. The smallest absolute Gasteiger partial charge is 0.178 e. The van der Waals surface area contributed by atoms with Crippen molar-refractivity contribution in [3.63, 3.8) is 0 Å². The van der Waals surface area contributed by atoms with E-state index in [0.717, 1.165) is 75.0 Å². The van der Waals surface area contributed by atoms with Crippen LogP contribution in [0.1, 0.15) is 31.7 Å². The maximum absolute atomic E-state index is 4.75. The van der Waals surface area contributed by atoms with Crippen LogP contribution in [0, 0.1) is 13.8 Å². The van der Waals surface area contributed by atoms with E-state index in [2.05, 4.69) is 79.0 Å². The van der Waals surface area contributed by atoms with E-state index < -0.39 is 0 Å². The Morgan fingerprint density at radius 3 is 2.34 bits per heavy atom. The number of aryl methyl sites for hydroxylation is 2. The molecule has 6 aromatic rings. The summed E-state index contributed by atoms with van der Waals surface area (Å²) < 4.78 is 0. The maximum Gasteiger partial charge on any atom is 0.178 e. The number of pyridine rings is 3. The molecule has 3 N–H and O–H groups in total. The Bertz CT molecular complexity index is 1820. The fraction of sp³-hybridized carbons (Fsp3) is 0.212. The molecule has 206 valence electrons. The number of rotatable bonds is 6. The zero-order valence-corrected chi connectivity index (χ0v) is 23.9. The van der Waals surface area contributed by atoms with E-state index in [9.17, 15) is 0 Å². The third kappa shape index (κ3) is 5.54. The van der Waals surface area contributed by atoms with Crippen molar-refractivity contribution in [2.24, 2.45) is 0 Å². The molecule has 0 radical (unpaired) electrons. The number of hydrogen-bond acceptors (Lipinski definition) is 7. The van der Waals surface area contributed by atoms with Crippen LogP contribution in [0.3, 0.4) is 0 Å². The number of nitrogens with zero attached hydrogens (tertiary/aromatic N) is 5. The Balaban J connectivity index is 0.00000148. The summed E-state index contributed by atoms with van der Waals surface area (Å²) in [7, 11) is 0. The van der Waals surface area contributed by atoms with Crippen LogP contribution in [-0.4, -0.2) is 38.0 Å². The number of aromatic amines is 1. The van der Waals surface area contributed by atoms with Crippen molar-refractivity contribution in [3.8, 4) is 11.4 Å². The predicted molar refractivity (Wildman–Crippen MR) is 170 cm³/mol. The first-order valence-electron chi connectivity index (χ1n) is 14.2. The van der Waals surface area contributed by atoms with Gasteiger partial charge in [-0.3, -0.25) is 9.97 Å². The zero-order chi connectivity index (χ0) is 28.3. The van der Waals surface area contributed by atoms with Crippen LogP contribution in [0.2, 0.25) is 0 Å². The van der Waals surface area contributed by atoms with Gasteiger partial charge in [-0.1, -0.05) is 13.8 Å². The maximum atomic E-state index is 4.75. The minimum Gasteiger partial charge on any atom is -0.371 e. The third-order valence-electron chi connectivity index (χ3n) is 7.10. The minimum absolute atomic E-state index is 0.681. The number of fused-ring (bicyclic) bond motifs is 2. The van der Waals surface area contributed by atoms with Crippen molar-refractivity contribution in [2.45, 2.75) is 34.1 Å². The number of hydrogen-bond donors (Lipinski definition) is 3. The second-order valence-electron chi connectivity index (χ2n) is 10.0. The van der Waals surface area contributed by atoms with Gasteiger partial charge in [0, 0.05) is 64.4 Å². The molecule has 8 nitrogen and oxygen atoms in total. The van der Waals surface area contributed by atoms with Gasteiger partial charge in [0.15, 0.2) is 5.65 Å². The average molecular weight is 543 g/mol. The quantitative estimate of drug-likeness (QED) is 0.197. The molecule has 0 spiro atoms. The molecular formula is C33H34N8. The molecule has 1 saturated heterocycles. The van der Waals surface area contributed by atoms with Crippen LogP contribution >= 0.6 is 0 Å². The van der Waals surface area contributed by atoms with Crippen LogP contribution in [0.4, 0.5) is 28.4 Å². The van der Waals surface area contributed by atoms with Crippen LogP contribution in [-0.2, 0) is 0 Å². The monoisotopic (exact) mass is 542 g/mol. The summed E-state index contributed by atoms with van der Waals surface area (Å²) in [5.74, 6) is 0.783. The summed E-state index contributed by atoms with van der Waals surface area (Å²) in [5.41, 5.74) is 10.7. The van der Waals surface area contributed by atoms with Crippen molar-refractivity contribution >= 4 is 50.5 Å². The summed E-state index contributed by atoms with van der Waals surface area (Å²) in [6, 6.07) is 22.9. The van der Waals surface area contributed by atoms with E-state index in [-0.39, 0.29) is 0 Å². The first-order chi connectivity index (χ1) is 20.1. The summed E-state index contributed by atoms with van der Waals surface area (Å²) in [6.07, 6.45) is 4.84. The molecule has 0 unspecified atom stereocenters. The second-order valence-corrected chi connectivity index (χ2v) is 10.0. The number of benzene rings is 2. The first kappa shape index (κ1) is 26.3. The fourth-order valence-electron chi connectivity index (χ4n) is 4.98. The van der Waals surface area contributed by atoms with Crippen molar-refractivity contribution in [2.75, 3.05) is 28.6 Å². The average Bonchev–Trinajstić information content (AvgIpc) is 3.37. The number of aromatic nitrogens is 5. The molecule has 8 heteroatoms. The minimum atomic E-state index is 0.681. The van der Waals surface area contributed by atoms with Gasteiger partial charge in [-0.05, 0) is 87.0 Å². The Hall–Kier alpha value is -4.98. The SMILES string of the molecule is CC.Cc1cc(Nc2cnc3nc(-c4ccc(Nc5cc(C)nc6ccc(N7CCC7)cc56)cc4)[nH]c3c2)ccn1. The topological polar surface area (TPSA) is 94.6 Å². The van der Waals surface area contributed by atoms with Crippen LogP contribution < -0.4 is 15.5 Å². The molecule has 1 aliphatic rings. The highest BCUT2D eigenvalue weighted by Crippen LogP contribution is 2.32. The second kappa shape index (κ2) is 11.3. The molecule has 41 heavy (non-hydrogen) atoms. The van der Waals surface area contributed by atoms with E-state index in [1.807, 2.05) is 45.9 Å². The van der Waals surface area contributed by atoms with Crippen LogP contribution in [0.15, 0.2) is 79.1 Å². The highest BCUT2D eigenvalue weighted by molar-refractivity contribution is 5.95. The molecule has 0 bridgehead atoms. The van der Waals surface area contributed by atoms with Crippen molar-refractivity contribution < 1.29 is 0 Å². The van der Waals surface area contributed by atoms with Gasteiger partial charge in [0.05, 0.1) is 22.9 Å². The molecule has 7 rings (SSSR count). The molecule has 4 aromatic heterocycles. The molecule has 0 aliphatic carbocycles. The Kier molecular flexibility index (Phi) is 7.20. The molecule has 1 aliphatic heterocycles. The molecular weight excluding hydrogens is 508 g/mol. The van der Waals surface area contributed by atoms with Gasteiger partial charge in [-0.15, -0.1) is 0 Å². The Morgan fingerprint density at radius 2 is 1.59 bits per heavy atom. The molecule has 0 amide bonds. The molecule has 0 atom stereocenters. The lowest BCUT2D eigenvalue weighted by Crippen LogP contribution is -2.36. The number of anilines is 5. The number of nitrogens with one attached hydrogen (secondary N) is 3. The highest BCUT2D eigenvalue weighted by Gasteiger charge is 2.16. The van der Waals surface area contributed by atoms with Gasteiger partial charge in [-0.25, -0.2) is 9.97 Å². The van der Waals surface area contributed by atoms with E-state index in [4.69, 9.17) is 9.97 Å². The lowest BCUT2D eigenvalue weighted by Gasteiger charge is -2.33. The van der Waals surface area contributed by atoms with Gasteiger partial charge in [0.1, 0.15) is 5.82 Å². The van der Waals surface area contributed by atoms with Gasteiger partial charge in [-0.2, -0.15) is 0 Å². The summed E-state index contributed by atoms with van der Waals surface area (Å²) in [4.78, 5) is 24.1. The summed E-state index contributed by atoms with van der Waals surface area (Å²) >= 11 is 0. The highest BCUT2D eigenvalue weighted by atomic mass is 15.2. The van der Waals surface area contributed by atoms with Crippen molar-refractivity contribution in [1.29, 1.82) is 0 Å². The van der Waals surface area contributed by atoms with Crippen molar-refractivity contribution in [1.82, 2.24) is 24.9 Å². The third-order valence-corrected chi connectivity index (χ3v) is 7.10. The van der Waals surface area contributed by atoms with E-state index in [1.54, 1.807) is 12.4 Å². The molecule has 0 saturated carbocycles. The fourth-order valence-corrected chi connectivity index (χ4v) is 4.98. The van der Waals surface area contributed by atoms with Gasteiger partial charge in [0.25, 0.3) is 0 Å². The lowest BCUT2D eigenvalue weighted by atomic mass is 10.1. The predicted octanol–water partition coefficient (Wildman–Crippen LogP) is 7.91. The number of H-pyrrole nitrogens is 1. The summed E-state index contributed by atoms with van der Waals surface area (Å²) in [6.45, 7) is 10.2.